The van der Waals surface area contributed by atoms with Crippen LogP contribution in [0.4, 0.5) is 4.79 Å². The minimum absolute atomic E-state index is 0.0177. The normalized spacial score (nSPS) is 30.1. The molecule has 31 heavy (non-hydrogen) atoms. The van der Waals surface area contributed by atoms with E-state index in [9.17, 15) is 29.4 Å². The van der Waals surface area contributed by atoms with E-state index in [4.69, 9.17) is 4.74 Å². The number of hydrogen-bond acceptors (Lipinski definition) is 8. The molecule has 0 aliphatic heterocycles. The predicted molar refractivity (Wildman–Crippen MR) is 106 cm³/mol. The van der Waals surface area contributed by atoms with Crippen LogP contribution in [0.1, 0.15) is 34.1 Å². The molecular formula is C18H25N5O7S. The van der Waals surface area contributed by atoms with Gasteiger partial charge in [-0.2, -0.15) is 10.3 Å². The first-order valence-electron chi connectivity index (χ1n) is 9.66. The number of carboxylic acids is 2. The highest BCUT2D eigenvalue weighted by Crippen LogP contribution is 2.65. The van der Waals surface area contributed by atoms with Crippen molar-refractivity contribution in [1.82, 2.24) is 26.0 Å². The lowest BCUT2D eigenvalue weighted by molar-refractivity contribution is -0.150. The molecule has 13 heteroatoms. The van der Waals surface area contributed by atoms with Gasteiger partial charge < -0.3 is 25.6 Å². The van der Waals surface area contributed by atoms with Crippen LogP contribution >= 0.6 is 11.8 Å². The summed E-state index contributed by atoms with van der Waals surface area (Å²) in [6.07, 6.45) is 0.659. The summed E-state index contributed by atoms with van der Waals surface area (Å²) < 4.78 is 5.11. The van der Waals surface area contributed by atoms with Crippen molar-refractivity contribution in [3.63, 3.8) is 0 Å². The summed E-state index contributed by atoms with van der Waals surface area (Å²) in [5.74, 6) is -5.28. The van der Waals surface area contributed by atoms with Crippen LogP contribution in [-0.4, -0.2) is 72.0 Å². The van der Waals surface area contributed by atoms with Gasteiger partial charge in [-0.25, -0.2) is 9.59 Å². The van der Waals surface area contributed by atoms with Gasteiger partial charge in [-0.05, 0) is 40.0 Å². The van der Waals surface area contributed by atoms with Crippen molar-refractivity contribution in [3.8, 4) is 0 Å². The Bertz CT molecular complexity index is 886. The zero-order valence-electron chi connectivity index (χ0n) is 17.4. The number of carbonyl (C=O) groups excluding carboxylic acids is 2. The van der Waals surface area contributed by atoms with E-state index in [-0.39, 0.29) is 11.7 Å². The van der Waals surface area contributed by atoms with Gasteiger partial charge in [0.05, 0.1) is 12.1 Å². The molecule has 2 fully saturated rings. The maximum Gasteiger partial charge on any atom is 0.408 e. The van der Waals surface area contributed by atoms with E-state index in [1.54, 1.807) is 20.8 Å². The fourth-order valence-corrected chi connectivity index (χ4v) is 5.52. The monoisotopic (exact) mass is 455 g/mol. The van der Waals surface area contributed by atoms with Crippen LogP contribution < -0.4 is 10.6 Å². The zero-order chi connectivity index (χ0) is 23.1. The number of nitrogens with zero attached hydrogens (tertiary/aromatic N) is 2. The average molecular weight is 455 g/mol. The standard InChI is InChI=1S/C18H25N5O7S/c1-7(20-16(29)30-17(2,3)4)13(24)21-18(15(27)28)5-8(31-9-6-19-23-22-9)10-11(12(10)18)14(25)26/h6-8,10-12H,5H2,1-4H3,(H,20,29)(H,21,24)(H,25,26)(H,27,28)(H,19,22,23)/t7?,8-,10+,11+,12+,18+/m1/s1. The molecule has 2 saturated carbocycles. The number of H-pyrrole nitrogens is 1. The van der Waals surface area contributed by atoms with Crippen molar-refractivity contribution in [2.45, 2.75) is 61.6 Å². The van der Waals surface area contributed by atoms with Gasteiger partial charge in [-0.15, -0.1) is 5.10 Å². The van der Waals surface area contributed by atoms with E-state index in [0.717, 1.165) is 0 Å². The Morgan fingerprint density at radius 3 is 2.52 bits per heavy atom. The molecule has 170 valence electrons. The molecule has 1 unspecified atom stereocenters. The molecular weight excluding hydrogens is 430 g/mol. The third kappa shape index (κ3) is 4.60. The van der Waals surface area contributed by atoms with Crippen LogP contribution in [0.25, 0.3) is 0 Å². The molecule has 0 bridgehead atoms. The highest BCUT2D eigenvalue weighted by Gasteiger charge is 2.75. The predicted octanol–water partition coefficient (Wildman–Crippen LogP) is 0.469. The molecule has 5 N–H and O–H groups in total. The summed E-state index contributed by atoms with van der Waals surface area (Å²) in [4.78, 5) is 48.7. The third-order valence-corrected chi connectivity index (χ3v) is 6.62. The molecule has 6 atom stereocenters. The van der Waals surface area contributed by atoms with E-state index >= 15 is 0 Å². The van der Waals surface area contributed by atoms with Gasteiger partial charge in [-0.1, -0.05) is 11.8 Å². The molecule has 3 rings (SSSR count). The number of ether oxygens (including phenoxy) is 1. The Morgan fingerprint density at radius 2 is 2.00 bits per heavy atom. The van der Waals surface area contributed by atoms with Gasteiger partial charge in [0, 0.05) is 11.2 Å². The number of nitrogens with one attached hydrogen (secondary N) is 3. The number of hydrogen-bond donors (Lipinski definition) is 5. The fourth-order valence-electron chi connectivity index (χ4n) is 4.16. The Balaban J connectivity index is 1.76. The number of amides is 2. The lowest BCUT2D eigenvalue weighted by atomic mass is 9.89. The van der Waals surface area contributed by atoms with Gasteiger partial charge in [0.1, 0.15) is 22.2 Å². The number of aromatic nitrogens is 3. The van der Waals surface area contributed by atoms with Gasteiger partial charge in [0.25, 0.3) is 0 Å². The number of fused-ring (bicyclic) bond motifs is 1. The van der Waals surface area contributed by atoms with Crippen LogP contribution in [0, 0.1) is 17.8 Å². The number of aromatic amines is 1. The molecule has 0 aromatic carbocycles. The van der Waals surface area contributed by atoms with Crippen molar-refractivity contribution in [3.05, 3.63) is 6.20 Å². The quantitative estimate of drug-likeness (QED) is 0.387. The van der Waals surface area contributed by atoms with Crippen LogP contribution in [0.15, 0.2) is 11.2 Å². The molecule has 0 saturated heterocycles. The van der Waals surface area contributed by atoms with Gasteiger partial charge in [0.2, 0.25) is 5.91 Å². The van der Waals surface area contributed by atoms with Crippen LogP contribution in [0.2, 0.25) is 0 Å². The molecule has 2 amide bonds. The molecule has 1 heterocycles. The second kappa shape index (κ2) is 8.02. The Hall–Kier alpha value is -2.83. The minimum atomic E-state index is -1.77. The largest absolute Gasteiger partial charge is 0.481 e. The van der Waals surface area contributed by atoms with Gasteiger partial charge in [-0.3, -0.25) is 9.59 Å². The number of carbonyl (C=O) groups is 4. The molecule has 0 spiro atoms. The summed E-state index contributed by atoms with van der Waals surface area (Å²) in [6.45, 7) is 6.40. The van der Waals surface area contributed by atoms with Crippen LogP contribution in [0.5, 0.6) is 0 Å². The Labute approximate surface area is 181 Å². The smallest absolute Gasteiger partial charge is 0.408 e. The molecule has 12 nitrogen and oxygen atoms in total. The van der Waals surface area contributed by atoms with Crippen molar-refractivity contribution in [1.29, 1.82) is 0 Å². The zero-order valence-corrected chi connectivity index (χ0v) is 18.2. The molecule has 2 aliphatic rings. The number of alkyl carbamates (subject to hydrolysis) is 1. The molecule has 1 aromatic rings. The van der Waals surface area contributed by atoms with Crippen LogP contribution in [-0.2, 0) is 19.1 Å². The van der Waals surface area contributed by atoms with Gasteiger partial charge in [0.15, 0.2) is 0 Å². The Morgan fingerprint density at radius 1 is 1.32 bits per heavy atom. The topological polar surface area (TPSA) is 184 Å². The lowest BCUT2D eigenvalue weighted by Gasteiger charge is -2.31. The maximum absolute atomic E-state index is 12.7. The van der Waals surface area contributed by atoms with E-state index in [1.807, 2.05) is 0 Å². The summed E-state index contributed by atoms with van der Waals surface area (Å²) in [7, 11) is 0. The first-order chi connectivity index (χ1) is 14.4. The maximum atomic E-state index is 12.7. The Kier molecular flexibility index (Phi) is 5.91. The summed E-state index contributed by atoms with van der Waals surface area (Å²) in [5, 5.41) is 34.7. The average Bonchev–Trinajstić information content (AvgIpc) is 3.03. The summed E-state index contributed by atoms with van der Waals surface area (Å²) >= 11 is 1.23. The fraction of sp³-hybridized carbons (Fsp3) is 0.667. The van der Waals surface area contributed by atoms with Crippen molar-refractivity contribution in [2.24, 2.45) is 17.8 Å². The highest BCUT2D eigenvalue weighted by atomic mass is 32.2. The first-order valence-corrected chi connectivity index (χ1v) is 10.5. The molecule has 1 aromatic heterocycles. The minimum Gasteiger partial charge on any atom is -0.481 e. The van der Waals surface area contributed by atoms with Crippen LogP contribution in [0.3, 0.4) is 0 Å². The first kappa shape index (κ1) is 22.8. The number of carboxylic acid groups (broad SMARTS) is 2. The number of thioether (sulfide) groups is 1. The SMILES string of the molecule is CC(NC(=O)OC(C)(C)C)C(=O)N[C@@]1(C(=O)O)C[C@@H](Sc2cn[nH]n2)[C@H]2[C@H](C(=O)O)[C@H]21. The second-order valence-electron chi connectivity index (χ2n) is 8.77. The summed E-state index contributed by atoms with van der Waals surface area (Å²) in [5.41, 5.74) is -2.54. The van der Waals surface area contributed by atoms with E-state index in [1.165, 1.54) is 24.9 Å². The van der Waals surface area contributed by atoms with Crippen molar-refractivity contribution < 1.29 is 34.1 Å². The van der Waals surface area contributed by atoms with E-state index < -0.39 is 58.9 Å². The highest BCUT2D eigenvalue weighted by molar-refractivity contribution is 7.99. The summed E-state index contributed by atoms with van der Waals surface area (Å²) in [6, 6.07) is -1.09. The third-order valence-electron chi connectivity index (χ3n) is 5.40. The van der Waals surface area contributed by atoms with Crippen molar-refractivity contribution in [2.75, 3.05) is 0 Å². The van der Waals surface area contributed by atoms with Crippen molar-refractivity contribution >= 4 is 35.7 Å². The second-order valence-corrected chi connectivity index (χ2v) is 10.0. The van der Waals surface area contributed by atoms with E-state index in [0.29, 0.717) is 5.03 Å². The lowest BCUT2D eigenvalue weighted by Crippen LogP contribution is -2.60. The molecule has 0 radical (unpaired) electrons. The van der Waals surface area contributed by atoms with Gasteiger partial charge >= 0.3 is 18.0 Å². The molecule has 2 aliphatic carbocycles. The number of aliphatic carboxylic acids is 2. The number of rotatable bonds is 7. The van der Waals surface area contributed by atoms with E-state index in [2.05, 4.69) is 26.0 Å².